The van der Waals surface area contributed by atoms with Crippen molar-refractivity contribution in [3.8, 4) is 0 Å². The first-order valence-electron chi connectivity index (χ1n) is 43.4. The first kappa shape index (κ1) is 106. The number of hydrogen-bond donors (Lipinski definition) is 3. The fourth-order valence-electron chi connectivity index (χ4n) is 11.1. The van der Waals surface area contributed by atoms with E-state index in [4.69, 9.17) is 37.0 Å². The molecule has 0 amide bonds. The van der Waals surface area contributed by atoms with Gasteiger partial charge in [-0.25, -0.2) is 9.13 Å². The van der Waals surface area contributed by atoms with Crippen molar-refractivity contribution < 1.29 is 80.2 Å². The number of allylic oxidation sites excluding steroid dienone is 28. The normalized spacial score (nSPS) is 14.6. The fraction of sp³-hybridized carbons (Fsp3) is 0.656. The Morgan fingerprint density at radius 2 is 0.464 bits per heavy atom. The van der Waals surface area contributed by atoms with Crippen molar-refractivity contribution in [3.05, 3.63) is 170 Å². The maximum Gasteiger partial charge on any atom is 0.472 e. The SMILES string of the molecule is CC/C=C\C/C=C\C/C=C\C/C=C\CCCCCCCCC(=O)OCC(COP(=O)(O)OCC(O)COP(=O)(O)OCC(COC(=O)CCCCCCCC/C=C\C/C=C\C/C=C\CCCCC)OC(=O)CCCCCCCC/C=C\C/C=C\C/C=C\CCCCC)OC(=O)CCCC/C=C\C/C=C\C/C=C\C/C=C\CC. The Bertz CT molecular complexity index is 2790. The number of unbranched alkanes of at least 4 members (excludes halogenated alkanes) is 26. The number of hydrogen-bond acceptors (Lipinski definition) is 15. The van der Waals surface area contributed by atoms with E-state index >= 15 is 0 Å². The van der Waals surface area contributed by atoms with E-state index in [-0.39, 0.29) is 25.7 Å². The molecule has 17 nitrogen and oxygen atoms in total. The molecule has 0 aromatic rings. The predicted molar refractivity (Wildman–Crippen MR) is 463 cm³/mol. The zero-order valence-corrected chi connectivity index (χ0v) is 71.8. The highest BCUT2D eigenvalue weighted by atomic mass is 31.2. The third kappa shape index (κ3) is 82.4. The number of ether oxygens (including phenoxy) is 4. The lowest BCUT2D eigenvalue weighted by atomic mass is 10.1. The first-order chi connectivity index (χ1) is 54.7. The van der Waals surface area contributed by atoms with Gasteiger partial charge in [0.25, 0.3) is 0 Å². The Labute approximate surface area is 680 Å². The van der Waals surface area contributed by atoms with E-state index in [1.165, 1.54) is 38.5 Å². The molecule has 5 unspecified atom stereocenters. The molecule has 0 bridgehead atoms. The number of esters is 4. The second-order valence-corrected chi connectivity index (χ2v) is 31.3. The van der Waals surface area contributed by atoms with Gasteiger partial charge in [0.05, 0.1) is 26.4 Å². The van der Waals surface area contributed by atoms with Crippen LogP contribution in [0.25, 0.3) is 0 Å². The van der Waals surface area contributed by atoms with E-state index in [2.05, 4.69) is 198 Å². The molecule has 638 valence electrons. The van der Waals surface area contributed by atoms with Crippen LogP contribution < -0.4 is 0 Å². The van der Waals surface area contributed by atoms with Gasteiger partial charge in [-0.3, -0.25) is 37.3 Å². The molecule has 5 atom stereocenters. The number of aliphatic hydroxyl groups excluding tert-OH is 1. The lowest BCUT2D eigenvalue weighted by Gasteiger charge is -2.21. The summed E-state index contributed by atoms with van der Waals surface area (Å²) >= 11 is 0. The van der Waals surface area contributed by atoms with Crippen molar-refractivity contribution in [2.45, 2.75) is 354 Å². The highest BCUT2D eigenvalue weighted by molar-refractivity contribution is 7.47. The van der Waals surface area contributed by atoms with Gasteiger partial charge in [0.2, 0.25) is 0 Å². The minimum Gasteiger partial charge on any atom is -0.462 e. The zero-order chi connectivity index (χ0) is 81.7. The zero-order valence-electron chi connectivity index (χ0n) is 70.0. The molecule has 0 saturated carbocycles. The monoisotopic (exact) mass is 1610 g/mol. The maximum absolute atomic E-state index is 13.2. The summed E-state index contributed by atoms with van der Waals surface area (Å²) in [5, 5.41) is 10.7. The highest BCUT2D eigenvalue weighted by Gasteiger charge is 2.30. The third-order valence-electron chi connectivity index (χ3n) is 17.6. The van der Waals surface area contributed by atoms with Gasteiger partial charge in [0, 0.05) is 25.7 Å². The average Bonchev–Trinajstić information content (AvgIpc) is 0.898. The molecule has 0 heterocycles. The van der Waals surface area contributed by atoms with Crippen molar-refractivity contribution in [1.82, 2.24) is 0 Å². The van der Waals surface area contributed by atoms with Gasteiger partial charge >= 0.3 is 39.5 Å². The second kappa shape index (κ2) is 83.4. The van der Waals surface area contributed by atoms with Crippen LogP contribution in [-0.4, -0.2) is 96.7 Å². The molecular formula is C93H154O17P2. The van der Waals surface area contributed by atoms with Gasteiger partial charge in [0.15, 0.2) is 12.2 Å². The largest absolute Gasteiger partial charge is 0.472 e. The molecule has 3 N–H and O–H groups in total. The molecule has 0 fully saturated rings. The number of phosphoric acid groups is 2. The van der Waals surface area contributed by atoms with E-state index in [0.29, 0.717) is 32.1 Å². The first-order valence-corrected chi connectivity index (χ1v) is 46.4. The van der Waals surface area contributed by atoms with Crippen LogP contribution in [0.5, 0.6) is 0 Å². The van der Waals surface area contributed by atoms with Crippen molar-refractivity contribution in [2.24, 2.45) is 0 Å². The standard InChI is InChI=1S/C93H154O17P2/c1-5-9-13-17-21-25-29-33-37-40-43-46-50-53-57-61-65-69-73-77-90(95)103-83-88(109-92(97)79-75-71-67-63-59-55-49-36-32-28-24-20-16-12-8-4)85-107-111(99,100)105-81-87(94)82-106-112(101,102)108-86-89(110-93(98)80-76-72-68-64-60-56-52-48-45-42-39-35-31-27-23-19-15-11-7-3)84-104-91(96)78-74-70-66-62-58-54-51-47-44-41-38-34-30-26-22-18-14-10-6-2/h9,12-13,16,21-28,33-39,43-49,59,63,87-89,94H,5-8,10-11,14-15,17-20,29-32,40-42,50-58,60-62,64-86H2,1-4H3,(H,99,100)(H,101,102)/b13-9-,16-12-,25-21-,26-22-,27-23-,28-24-,37-33-,38-34-,39-35-,46-43-,47-44-,48-45-,49-36-,63-59-. The molecular weight excluding hydrogens is 1450 g/mol. The van der Waals surface area contributed by atoms with Crippen LogP contribution in [0.3, 0.4) is 0 Å². The van der Waals surface area contributed by atoms with Gasteiger partial charge in [-0.1, -0.05) is 301 Å². The summed E-state index contributed by atoms with van der Waals surface area (Å²) in [6.07, 6.45) is 100. The van der Waals surface area contributed by atoms with Crippen LogP contribution in [0.2, 0.25) is 0 Å². The Morgan fingerprint density at radius 1 is 0.259 bits per heavy atom. The summed E-state index contributed by atoms with van der Waals surface area (Å²) < 4.78 is 68.8. The number of rotatable bonds is 80. The minimum absolute atomic E-state index is 0.0332. The summed E-state index contributed by atoms with van der Waals surface area (Å²) in [6, 6.07) is 0. The van der Waals surface area contributed by atoms with Crippen LogP contribution >= 0.6 is 15.6 Å². The quantitative estimate of drug-likeness (QED) is 0.0169. The maximum atomic E-state index is 13.2. The van der Waals surface area contributed by atoms with E-state index in [9.17, 15) is 43.2 Å². The Kier molecular flexibility index (Phi) is 79.2. The molecule has 0 spiro atoms. The van der Waals surface area contributed by atoms with Gasteiger partial charge < -0.3 is 33.8 Å². The second-order valence-electron chi connectivity index (χ2n) is 28.4. The smallest absolute Gasteiger partial charge is 0.462 e. The summed E-state index contributed by atoms with van der Waals surface area (Å²) in [5.74, 6) is -2.27. The fourth-order valence-corrected chi connectivity index (χ4v) is 12.7. The highest BCUT2D eigenvalue weighted by Crippen LogP contribution is 2.45. The van der Waals surface area contributed by atoms with Gasteiger partial charge in [-0.05, 0) is 180 Å². The number of aliphatic hydroxyl groups is 1. The Hall–Kier alpha value is -5.58. The van der Waals surface area contributed by atoms with Crippen LogP contribution in [0.4, 0.5) is 0 Å². The summed E-state index contributed by atoms with van der Waals surface area (Å²) in [7, 11) is -10.0. The predicted octanol–water partition coefficient (Wildman–Crippen LogP) is 26.1. The molecule has 0 saturated heterocycles. The van der Waals surface area contributed by atoms with E-state index in [1.807, 2.05) is 0 Å². The summed E-state index contributed by atoms with van der Waals surface area (Å²) in [5.41, 5.74) is 0. The molecule has 0 aromatic heterocycles. The van der Waals surface area contributed by atoms with Gasteiger partial charge in [0.1, 0.15) is 19.3 Å². The van der Waals surface area contributed by atoms with Crippen molar-refractivity contribution in [2.75, 3.05) is 39.6 Å². The van der Waals surface area contributed by atoms with Crippen molar-refractivity contribution >= 4 is 39.5 Å². The number of carbonyl (C=O) groups excluding carboxylic acids is 4. The number of phosphoric ester groups is 2. The van der Waals surface area contributed by atoms with Crippen LogP contribution in [0.1, 0.15) is 336 Å². The molecule has 0 aliphatic carbocycles. The lowest BCUT2D eigenvalue weighted by Crippen LogP contribution is -2.30. The molecule has 112 heavy (non-hydrogen) atoms. The van der Waals surface area contributed by atoms with Gasteiger partial charge in [-0.15, -0.1) is 0 Å². The molecule has 0 radical (unpaired) electrons. The van der Waals surface area contributed by atoms with Crippen molar-refractivity contribution in [1.29, 1.82) is 0 Å². The summed E-state index contributed by atoms with van der Waals surface area (Å²) in [6.45, 7) is 4.52. The topological polar surface area (TPSA) is 237 Å². The number of carbonyl (C=O) groups is 4. The van der Waals surface area contributed by atoms with Gasteiger partial charge in [-0.2, -0.15) is 0 Å². The third-order valence-corrected chi connectivity index (χ3v) is 19.5. The van der Waals surface area contributed by atoms with Crippen LogP contribution in [-0.2, 0) is 65.4 Å². The Morgan fingerprint density at radius 3 is 0.732 bits per heavy atom. The molecule has 0 rings (SSSR count). The molecule has 0 aromatic carbocycles. The summed E-state index contributed by atoms with van der Waals surface area (Å²) in [4.78, 5) is 73.3. The van der Waals surface area contributed by atoms with E-state index < -0.39 is 97.5 Å². The Balaban J connectivity index is 5.46. The molecule has 19 heteroatoms. The molecule has 0 aliphatic heterocycles. The van der Waals surface area contributed by atoms with E-state index in [0.717, 1.165) is 212 Å². The van der Waals surface area contributed by atoms with Crippen molar-refractivity contribution in [3.63, 3.8) is 0 Å². The minimum atomic E-state index is -5.01. The molecule has 0 aliphatic rings. The average molecular weight is 1610 g/mol. The lowest BCUT2D eigenvalue weighted by molar-refractivity contribution is -0.161. The van der Waals surface area contributed by atoms with E-state index in [1.54, 1.807) is 0 Å². The van der Waals surface area contributed by atoms with Crippen LogP contribution in [0.15, 0.2) is 170 Å². The van der Waals surface area contributed by atoms with Crippen LogP contribution in [0, 0.1) is 0 Å².